The van der Waals surface area contributed by atoms with Crippen molar-refractivity contribution in [2.75, 3.05) is 6.61 Å². The van der Waals surface area contributed by atoms with Gasteiger partial charge in [0.2, 0.25) is 0 Å². The molecule has 5 heteroatoms. The Morgan fingerprint density at radius 1 is 1.71 bits per heavy atom. The van der Waals surface area contributed by atoms with Crippen LogP contribution < -0.4 is 0 Å². The predicted octanol–water partition coefficient (Wildman–Crippen LogP) is 1.98. The molecule has 1 rings (SSSR count). The van der Waals surface area contributed by atoms with Crippen LogP contribution in [0.5, 0.6) is 0 Å². The minimum Gasteiger partial charge on any atom is -0.466 e. The van der Waals surface area contributed by atoms with Gasteiger partial charge in [-0.1, -0.05) is 11.6 Å². The maximum Gasteiger partial charge on any atom is 0.310 e. The van der Waals surface area contributed by atoms with Gasteiger partial charge in [0.25, 0.3) is 0 Å². The van der Waals surface area contributed by atoms with Crippen LogP contribution in [0.2, 0.25) is 5.15 Å². The Morgan fingerprint density at radius 2 is 2.43 bits per heavy atom. The summed E-state index contributed by atoms with van der Waals surface area (Å²) in [5.74, 6) is -1.03. The van der Waals surface area contributed by atoms with Crippen LogP contribution in [0.1, 0.15) is 12.5 Å². The van der Waals surface area contributed by atoms with Crippen molar-refractivity contribution in [2.24, 2.45) is 0 Å². The molecule has 0 fully saturated rings. The highest BCUT2D eigenvalue weighted by Crippen LogP contribution is 2.12. The lowest BCUT2D eigenvalue weighted by Crippen LogP contribution is -2.09. The molecular weight excluding hydrogens is 209 g/mol. The molecule has 0 aliphatic rings. The van der Waals surface area contributed by atoms with E-state index in [1.807, 2.05) is 0 Å². The van der Waals surface area contributed by atoms with Gasteiger partial charge in [0, 0.05) is 5.56 Å². The Kier molecular flexibility index (Phi) is 3.83. The number of ether oxygens (including phenoxy) is 1. The number of aromatic nitrogens is 1. The Balaban J connectivity index is 2.75. The summed E-state index contributed by atoms with van der Waals surface area (Å²) in [6.45, 7) is 1.97. The molecule has 0 N–H and O–H groups in total. The molecule has 0 aromatic carbocycles. The van der Waals surface area contributed by atoms with Crippen LogP contribution >= 0.6 is 11.6 Å². The summed E-state index contributed by atoms with van der Waals surface area (Å²) in [6.07, 6.45) is 0.860. The summed E-state index contributed by atoms with van der Waals surface area (Å²) in [6, 6.07) is 1.31. The zero-order valence-electron chi connectivity index (χ0n) is 7.59. The topological polar surface area (TPSA) is 39.2 Å². The van der Waals surface area contributed by atoms with Gasteiger partial charge in [-0.2, -0.15) is 0 Å². The first-order valence-electron chi connectivity index (χ1n) is 4.09. The van der Waals surface area contributed by atoms with Crippen molar-refractivity contribution in [1.82, 2.24) is 4.98 Å². The molecule has 1 aromatic heterocycles. The highest BCUT2D eigenvalue weighted by molar-refractivity contribution is 6.29. The van der Waals surface area contributed by atoms with Gasteiger partial charge in [-0.15, -0.1) is 0 Å². The molecule has 14 heavy (non-hydrogen) atoms. The van der Waals surface area contributed by atoms with E-state index < -0.39 is 11.8 Å². The highest BCUT2D eigenvalue weighted by Gasteiger charge is 2.09. The molecule has 0 aliphatic carbocycles. The molecule has 0 atom stereocenters. The summed E-state index contributed by atoms with van der Waals surface area (Å²) in [5.41, 5.74) is 0.198. The van der Waals surface area contributed by atoms with Crippen molar-refractivity contribution in [3.63, 3.8) is 0 Å². The second-order valence-electron chi connectivity index (χ2n) is 2.58. The maximum atomic E-state index is 13.0. The number of esters is 1. The molecule has 0 radical (unpaired) electrons. The first-order chi connectivity index (χ1) is 6.63. The van der Waals surface area contributed by atoms with E-state index in [0.29, 0.717) is 0 Å². The van der Waals surface area contributed by atoms with Crippen molar-refractivity contribution in [3.05, 3.63) is 28.8 Å². The molecule has 0 saturated heterocycles. The van der Waals surface area contributed by atoms with Gasteiger partial charge in [-0.3, -0.25) is 4.79 Å². The van der Waals surface area contributed by atoms with Gasteiger partial charge in [0.15, 0.2) is 0 Å². The zero-order chi connectivity index (χ0) is 10.6. The molecular formula is C9H9ClFNO2. The van der Waals surface area contributed by atoms with Gasteiger partial charge in [0.1, 0.15) is 11.0 Å². The summed E-state index contributed by atoms with van der Waals surface area (Å²) in [7, 11) is 0. The van der Waals surface area contributed by atoms with Gasteiger partial charge >= 0.3 is 5.97 Å². The summed E-state index contributed by atoms with van der Waals surface area (Å²) < 4.78 is 17.7. The molecule has 0 amide bonds. The van der Waals surface area contributed by atoms with Crippen LogP contribution in [-0.2, 0) is 16.0 Å². The molecule has 0 unspecified atom stereocenters. The van der Waals surface area contributed by atoms with E-state index >= 15 is 0 Å². The monoisotopic (exact) mass is 217 g/mol. The molecule has 0 aliphatic heterocycles. The lowest BCUT2D eigenvalue weighted by molar-refractivity contribution is -0.142. The van der Waals surface area contributed by atoms with Crippen LogP contribution in [0.4, 0.5) is 4.39 Å². The smallest absolute Gasteiger partial charge is 0.310 e. The average molecular weight is 218 g/mol. The SMILES string of the molecule is CCOC(=O)Cc1cc(Cl)ncc1F. The molecule has 3 nitrogen and oxygen atoms in total. The van der Waals surface area contributed by atoms with E-state index in [1.54, 1.807) is 6.92 Å². The first-order valence-corrected chi connectivity index (χ1v) is 4.46. The number of nitrogens with zero attached hydrogens (tertiary/aromatic N) is 1. The van der Waals surface area contributed by atoms with Crippen molar-refractivity contribution in [3.8, 4) is 0 Å². The number of halogens is 2. The van der Waals surface area contributed by atoms with Crippen molar-refractivity contribution >= 4 is 17.6 Å². The van der Waals surface area contributed by atoms with Crippen LogP contribution in [0, 0.1) is 5.82 Å². The quantitative estimate of drug-likeness (QED) is 0.574. The molecule has 1 aromatic rings. The number of carbonyl (C=O) groups excluding carboxylic acids is 1. The van der Waals surface area contributed by atoms with Gasteiger partial charge in [-0.25, -0.2) is 9.37 Å². The average Bonchev–Trinajstić information content (AvgIpc) is 2.12. The van der Waals surface area contributed by atoms with E-state index in [2.05, 4.69) is 9.72 Å². The second kappa shape index (κ2) is 4.91. The van der Waals surface area contributed by atoms with E-state index in [-0.39, 0.29) is 23.7 Å². The van der Waals surface area contributed by atoms with Gasteiger partial charge in [0.05, 0.1) is 19.2 Å². The summed E-state index contributed by atoms with van der Waals surface area (Å²) in [4.78, 5) is 14.6. The standard InChI is InChI=1S/C9H9ClFNO2/c1-2-14-9(13)4-6-3-8(10)12-5-7(6)11/h3,5H,2,4H2,1H3. The van der Waals surface area contributed by atoms with Gasteiger partial charge < -0.3 is 4.74 Å². The normalized spacial score (nSPS) is 9.93. The fraction of sp³-hybridized carbons (Fsp3) is 0.333. The maximum absolute atomic E-state index is 13.0. The number of hydrogen-bond donors (Lipinski definition) is 0. The lowest BCUT2D eigenvalue weighted by atomic mass is 10.2. The summed E-state index contributed by atoms with van der Waals surface area (Å²) >= 11 is 5.55. The third-order valence-corrected chi connectivity index (χ3v) is 1.75. The molecule has 76 valence electrons. The highest BCUT2D eigenvalue weighted by atomic mass is 35.5. The fourth-order valence-electron chi connectivity index (χ4n) is 0.954. The molecule has 0 spiro atoms. The number of carbonyl (C=O) groups is 1. The van der Waals surface area contributed by atoms with Gasteiger partial charge in [-0.05, 0) is 13.0 Å². The minimum atomic E-state index is -0.553. The Hall–Kier alpha value is -1.16. The first kappa shape index (κ1) is 10.9. The van der Waals surface area contributed by atoms with E-state index in [1.165, 1.54) is 6.07 Å². The largest absolute Gasteiger partial charge is 0.466 e. The Labute approximate surface area is 85.9 Å². The van der Waals surface area contributed by atoms with Crippen molar-refractivity contribution < 1.29 is 13.9 Å². The van der Waals surface area contributed by atoms with E-state index in [9.17, 15) is 9.18 Å². The third-order valence-electron chi connectivity index (χ3n) is 1.54. The van der Waals surface area contributed by atoms with Crippen LogP contribution in [0.25, 0.3) is 0 Å². The van der Waals surface area contributed by atoms with E-state index in [0.717, 1.165) is 6.20 Å². The molecule has 0 bridgehead atoms. The predicted molar refractivity (Wildman–Crippen MR) is 49.5 cm³/mol. The van der Waals surface area contributed by atoms with Crippen LogP contribution in [-0.4, -0.2) is 17.6 Å². The Morgan fingerprint density at radius 3 is 3.07 bits per heavy atom. The van der Waals surface area contributed by atoms with Crippen molar-refractivity contribution in [2.45, 2.75) is 13.3 Å². The number of rotatable bonds is 3. The molecule has 1 heterocycles. The van der Waals surface area contributed by atoms with Crippen LogP contribution in [0.3, 0.4) is 0 Å². The Bertz CT molecular complexity index is 344. The zero-order valence-corrected chi connectivity index (χ0v) is 8.34. The van der Waals surface area contributed by atoms with Crippen LogP contribution in [0.15, 0.2) is 12.3 Å². The van der Waals surface area contributed by atoms with E-state index in [4.69, 9.17) is 11.6 Å². The van der Waals surface area contributed by atoms with Crippen molar-refractivity contribution in [1.29, 1.82) is 0 Å². The second-order valence-corrected chi connectivity index (χ2v) is 2.97. The third kappa shape index (κ3) is 2.96. The number of pyridine rings is 1. The number of hydrogen-bond acceptors (Lipinski definition) is 3. The minimum absolute atomic E-state index is 0.123. The lowest BCUT2D eigenvalue weighted by Gasteiger charge is -2.03. The fourth-order valence-corrected chi connectivity index (χ4v) is 1.13. The molecule has 0 saturated carbocycles. The summed E-state index contributed by atoms with van der Waals surface area (Å²) in [5, 5.41) is 0.158.